The Morgan fingerprint density at radius 3 is 1.89 bits per heavy atom. The van der Waals surface area contributed by atoms with E-state index in [9.17, 15) is 5.11 Å². The highest BCUT2D eigenvalue weighted by molar-refractivity contribution is 5.98. The van der Waals surface area contributed by atoms with Crippen molar-refractivity contribution in [3.05, 3.63) is 168 Å². The van der Waals surface area contributed by atoms with Gasteiger partial charge in [0.15, 0.2) is 0 Å². The van der Waals surface area contributed by atoms with Crippen LogP contribution < -0.4 is 0 Å². The van der Waals surface area contributed by atoms with E-state index in [2.05, 4.69) is 193 Å². The van der Waals surface area contributed by atoms with Gasteiger partial charge < -0.3 is 5.11 Å². The molecule has 0 amide bonds. The number of para-hydroxylation sites is 1. The lowest BCUT2D eigenvalue weighted by Crippen LogP contribution is -2.12. The average Bonchev–Trinajstić information content (AvgIpc) is 3.58. The van der Waals surface area contributed by atoms with E-state index in [-0.39, 0.29) is 16.6 Å². The number of pyridine rings is 1. The molecule has 0 unspecified atom stereocenters. The van der Waals surface area contributed by atoms with Crippen molar-refractivity contribution in [2.75, 3.05) is 0 Å². The summed E-state index contributed by atoms with van der Waals surface area (Å²) in [5.41, 5.74) is 16.1. The molecule has 4 heteroatoms. The second-order valence-electron chi connectivity index (χ2n) is 17.1. The van der Waals surface area contributed by atoms with E-state index in [4.69, 9.17) is 9.97 Å². The zero-order chi connectivity index (χ0) is 39.4. The summed E-state index contributed by atoms with van der Waals surface area (Å²) in [6.07, 6.45) is 1.90. The van der Waals surface area contributed by atoms with Crippen molar-refractivity contribution in [2.24, 2.45) is 0 Å². The Morgan fingerprint density at radius 2 is 1.20 bits per heavy atom. The molecular formula is C52H49N3O. The quantitative estimate of drug-likeness (QED) is 0.185. The Morgan fingerprint density at radius 1 is 0.518 bits per heavy atom. The molecule has 278 valence electrons. The van der Waals surface area contributed by atoms with E-state index < -0.39 is 0 Å². The molecule has 0 saturated heterocycles. The Labute approximate surface area is 331 Å². The monoisotopic (exact) mass is 731 g/mol. The molecule has 2 heterocycles. The van der Waals surface area contributed by atoms with E-state index in [0.29, 0.717) is 11.4 Å². The molecule has 0 radical (unpaired) electrons. The minimum Gasteiger partial charge on any atom is -0.507 e. The first-order chi connectivity index (χ1) is 26.8. The molecular weight excluding hydrogens is 683 g/mol. The van der Waals surface area contributed by atoms with Gasteiger partial charge in [0.25, 0.3) is 0 Å². The zero-order valence-corrected chi connectivity index (χ0v) is 33.6. The third kappa shape index (κ3) is 6.92. The van der Waals surface area contributed by atoms with Crippen LogP contribution in [0.1, 0.15) is 63.8 Å². The molecule has 0 saturated carbocycles. The summed E-state index contributed by atoms with van der Waals surface area (Å²) in [5, 5.41) is 12.1. The smallest absolute Gasteiger partial charge is 0.149 e. The van der Waals surface area contributed by atoms with Crippen molar-refractivity contribution in [1.29, 1.82) is 0 Å². The fraction of sp³-hybridized carbons (Fsp3) is 0.192. The number of hydrogen-bond acceptors (Lipinski definition) is 3. The Hall–Kier alpha value is -6.26. The summed E-state index contributed by atoms with van der Waals surface area (Å²) in [4.78, 5) is 10.5. The van der Waals surface area contributed by atoms with Crippen molar-refractivity contribution in [3.8, 4) is 67.5 Å². The van der Waals surface area contributed by atoms with E-state index in [1.165, 1.54) is 11.1 Å². The molecule has 2 aromatic heterocycles. The predicted octanol–water partition coefficient (Wildman–Crippen LogP) is 13.7. The molecule has 8 aromatic rings. The number of benzene rings is 6. The number of phenols is 1. The number of fused-ring (bicyclic) bond motifs is 1. The summed E-state index contributed by atoms with van der Waals surface area (Å²) in [7, 11) is 0. The fourth-order valence-corrected chi connectivity index (χ4v) is 7.73. The summed E-state index contributed by atoms with van der Waals surface area (Å²) >= 11 is 0. The van der Waals surface area contributed by atoms with E-state index >= 15 is 0 Å². The van der Waals surface area contributed by atoms with Crippen LogP contribution in [0.5, 0.6) is 5.75 Å². The third-order valence-corrected chi connectivity index (χ3v) is 10.7. The predicted molar refractivity (Wildman–Crippen MR) is 235 cm³/mol. The molecule has 0 bridgehead atoms. The van der Waals surface area contributed by atoms with Gasteiger partial charge in [-0.05, 0) is 107 Å². The summed E-state index contributed by atoms with van der Waals surface area (Å²) in [6.45, 7) is 17.4. The van der Waals surface area contributed by atoms with Gasteiger partial charge in [0.1, 0.15) is 11.6 Å². The summed E-state index contributed by atoms with van der Waals surface area (Å²) in [5.74, 6) is 0.959. The highest BCUT2D eigenvalue weighted by Gasteiger charge is 2.27. The molecule has 8 rings (SSSR count). The maximum atomic E-state index is 12.1. The number of phenolic OH excluding ortho intramolecular Hbond substituents is 1. The van der Waals surface area contributed by atoms with Crippen molar-refractivity contribution >= 4 is 11.0 Å². The van der Waals surface area contributed by atoms with Gasteiger partial charge in [0.05, 0.1) is 28.0 Å². The molecule has 0 spiro atoms. The van der Waals surface area contributed by atoms with Crippen LogP contribution in [0.3, 0.4) is 0 Å². The lowest BCUT2D eigenvalue weighted by Gasteiger charge is -2.23. The maximum Gasteiger partial charge on any atom is 0.149 e. The van der Waals surface area contributed by atoms with Gasteiger partial charge in [-0.15, -0.1) is 0 Å². The van der Waals surface area contributed by atoms with Crippen LogP contribution in [0, 0.1) is 13.8 Å². The second kappa shape index (κ2) is 14.1. The van der Waals surface area contributed by atoms with E-state index in [1.54, 1.807) is 0 Å². The van der Waals surface area contributed by atoms with Gasteiger partial charge in [-0.25, -0.2) is 4.98 Å². The van der Waals surface area contributed by atoms with Gasteiger partial charge in [-0.3, -0.25) is 9.55 Å². The largest absolute Gasteiger partial charge is 0.507 e. The lowest BCUT2D eigenvalue weighted by atomic mass is 9.83. The van der Waals surface area contributed by atoms with Gasteiger partial charge in [-0.1, -0.05) is 138 Å². The molecule has 0 fully saturated rings. The average molecular weight is 732 g/mol. The molecule has 56 heavy (non-hydrogen) atoms. The number of hydrogen-bond donors (Lipinski definition) is 1. The van der Waals surface area contributed by atoms with Crippen molar-refractivity contribution in [3.63, 3.8) is 0 Å². The first-order valence-corrected chi connectivity index (χ1v) is 19.5. The molecule has 0 atom stereocenters. The van der Waals surface area contributed by atoms with Crippen LogP contribution in [0.4, 0.5) is 0 Å². The SMILES string of the molecule is Cc1ccc(-n2c(-c3cc(C)cc(C(C)(C)C)c3O)nc3c(-c4cc(-c5cc(-c6ccccc6)ccn5)cc(C(C)(C)C)c4)cccc32)c(-c2ccccc2)c1. The topological polar surface area (TPSA) is 50.9 Å². The van der Waals surface area contributed by atoms with Crippen LogP contribution in [0.25, 0.3) is 72.7 Å². The van der Waals surface area contributed by atoms with Gasteiger partial charge in [0, 0.05) is 28.5 Å². The van der Waals surface area contributed by atoms with Crippen LogP contribution in [0.15, 0.2) is 146 Å². The van der Waals surface area contributed by atoms with Crippen molar-refractivity contribution < 1.29 is 5.11 Å². The number of imidazole rings is 1. The van der Waals surface area contributed by atoms with Crippen molar-refractivity contribution in [2.45, 2.75) is 66.2 Å². The minimum absolute atomic E-state index is 0.122. The molecule has 0 aliphatic carbocycles. The second-order valence-corrected chi connectivity index (χ2v) is 17.1. The number of rotatable bonds is 6. The lowest BCUT2D eigenvalue weighted by molar-refractivity contribution is 0.448. The first kappa shape index (κ1) is 36.7. The van der Waals surface area contributed by atoms with Gasteiger partial charge in [0.2, 0.25) is 0 Å². The Balaban J connectivity index is 1.43. The number of aryl methyl sites for hydroxylation is 2. The zero-order valence-electron chi connectivity index (χ0n) is 33.6. The van der Waals surface area contributed by atoms with E-state index in [1.807, 2.05) is 12.3 Å². The highest BCUT2D eigenvalue weighted by atomic mass is 16.3. The van der Waals surface area contributed by atoms with Crippen LogP contribution >= 0.6 is 0 Å². The number of nitrogens with zero attached hydrogens (tertiary/aromatic N) is 3. The standard InChI is InChI=1S/C52H49N3O/c1-33-22-23-46(42(26-33)36-18-13-10-14-19-36)55-47-21-15-20-41(48(47)54-50(55)43-27-34(2)28-44(49(43)56)52(6,7)8)38-29-39(31-40(30-38)51(3,4)5)45-32-37(24-25-53-45)35-16-11-9-12-17-35/h9-32,56H,1-8H3. The summed E-state index contributed by atoms with van der Waals surface area (Å²) < 4.78 is 2.25. The molecule has 1 N–H and O–H groups in total. The van der Waals surface area contributed by atoms with Crippen molar-refractivity contribution in [1.82, 2.24) is 14.5 Å². The number of aromatic nitrogens is 3. The van der Waals surface area contributed by atoms with Crippen LogP contribution in [-0.2, 0) is 10.8 Å². The minimum atomic E-state index is -0.276. The molecule has 4 nitrogen and oxygen atoms in total. The van der Waals surface area contributed by atoms with Crippen LogP contribution in [0.2, 0.25) is 0 Å². The molecule has 6 aromatic carbocycles. The Kier molecular flexibility index (Phi) is 9.25. The first-order valence-electron chi connectivity index (χ1n) is 19.5. The van der Waals surface area contributed by atoms with Crippen LogP contribution in [-0.4, -0.2) is 19.6 Å². The van der Waals surface area contributed by atoms with Gasteiger partial charge >= 0.3 is 0 Å². The Bertz CT molecular complexity index is 2730. The highest BCUT2D eigenvalue weighted by Crippen LogP contribution is 2.44. The number of aromatic hydroxyl groups is 1. The molecule has 0 aliphatic rings. The normalized spacial score (nSPS) is 12.0. The van der Waals surface area contributed by atoms with Gasteiger partial charge in [-0.2, -0.15) is 0 Å². The van der Waals surface area contributed by atoms with E-state index in [0.717, 1.165) is 72.5 Å². The summed E-state index contributed by atoms with van der Waals surface area (Å²) in [6, 6.07) is 49.3. The maximum absolute atomic E-state index is 12.1. The molecule has 0 aliphatic heterocycles. The fourth-order valence-electron chi connectivity index (χ4n) is 7.73. The third-order valence-electron chi connectivity index (χ3n) is 10.7.